The second kappa shape index (κ2) is 8.17. The normalized spacial score (nSPS) is 12.0. The van der Waals surface area contributed by atoms with Crippen LogP contribution in [0.1, 0.15) is 31.9 Å². The van der Waals surface area contributed by atoms with Crippen LogP contribution in [0, 0.1) is 0 Å². The minimum Gasteiger partial charge on any atom is -0.483 e. The number of hydrogen-bond acceptors (Lipinski definition) is 3. The molecule has 1 unspecified atom stereocenters. The van der Waals surface area contributed by atoms with Gasteiger partial charge < -0.3 is 15.4 Å². The summed E-state index contributed by atoms with van der Waals surface area (Å²) >= 11 is 3.42. The van der Waals surface area contributed by atoms with Crippen molar-refractivity contribution in [1.29, 1.82) is 0 Å². The lowest BCUT2D eigenvalue weighted by molar-refractivity contribution is -0.122. The lowest BCUT2D eigenvalue weighted by Gasteiger charge is -2.18. The van der Waals surface area contributed by atoms with Crippen molar-refractivity contribution in [2.24, 2.45) is 0 Å². The molecule has 0 saturated carbocycles. The summed E-state index contributed by atoms with van der Waals surface area (Å²) in [5.41, 5.74) is 1.06. The fraction of sp³-hybridized carbons (Fsp3) is 0.500. The van der Waals surface area contributed by atoms with Gasteiger partial charge in [-0.05, 0) is 32.0 Å². The van der Waals surface area contributed by atoms with E-state index in [1.54, 1.807) is 7.05 Å². The molecular weight excluding hydrogens is 308 g/mol. The second-order valence-electron chi connectivity index (χ2n) is 4.32. The highest BCUT2D eigenvalue weighted by Gasteiger charge is 2.12. The first kappa shape index (κ1) is 16.0. The molecule has 0 fully saturated rings. The molecule has 1 aromatic carbocycles. The summed E-state index contributed by atoms with van der Waals surface area (Å²) in [7, 11) is 1.60. The number of benzene rings is 1. The van der Waals surface area contributed by atoms with Crippen molar-refractivity contribution >= 4 is 21.8 Å². The Hall–Kier alpha value is -1.07. The van der Waals surface area contributed by atoms with E-state index in [0.29, 0.717) is 0 Å². The summed E-state index contributed by atoms with van der Waals surface area (Å²) in [4.78, 5) is 11.3. The molecule has 0 aliphatic heterocycles. The number of amides is 1. The van der Waals surface area contributed by atoms with E-state index in [4.69, 9.17) is 4.74 Å². The maximum Gasteiger partial charge on any atom is 0.257 e. The van der Waals surface area contributed by atoms with Crippen LogP contribution in [0.4, 0.5) is 0 Å². The summed E-state index contributed by atoms with van der Waals surface area (Å²) in [6.07, 6.45) is 1.08. The van der Waals surface area contributed by atoms with E-state index in [2.05, 4.69) is 40.4 Å². The SMILES string of the molecule is CCCNC(C)c1ccc(Br)cc1OCC(=O)NC. The molecule has 4 nitrogen and oxygen atoms in total. The highest BCUT2D eigenvalue weighted by Crippen LogP contribution is 2.28. The average Bonchev–Trinajstić information content (AvgIpc) is 2.42. The molecule has 0 bridgehead atoms. The first-order valence-electron chi connectivity index (χ1n) is 6.44. The summed E-state index contributed by atoms with van der Waals surface area (Å²) in [6, 6.07) is 6.07. The number of carbonyl (C=O) groups is 1. The van der Waals surface area contributed by atoms with Crippen molar-refractivity contribution in [2.45, 2.75) is 26.3 Å². The zero-order chi connectivity index (χ0) is 14.3. The minimum atomic E-state index is -0.139. The van der Waals surface area contributed by atoms with Gasteiger partial charge in [-0.15, -0.1) is 0 Å². The third-order valence-corrected chi connectivity index (χ3v) is 3.27. The van der Waals surface area contributed by atoms with Gasteiger partial charge in [0.05, 0.1) is 0 Å². The van der Waals surface area contributed by atoms with Gasteiger partial charge in [0.15, 0.2) is 6.61 Å². The number of ether oxygens (including phenoxy) is 1. The van der Waals surface area contributed by atoms with E-state index in [1.807, 2.05) is 18.2 Å². The van der Waals surface area contributed by atoms with Crippen LogP contribution in [0.5, 0.6) is 5.75 Å². The number of halogens is 1. The van der Waals surface area contributed by atoms with E-state index in [-0.39, 0.29) is 18.6 Å². The lowest BCUT2D eigenvalue weighted by Crippen LogP contribution is -2.26. The Morgan fingerprint density at radius 2 is 2.21 bits per heavy atom. The van der Waals surface area contributed by atoms with Crippen molar-refractivity contribution < 1.29 is 9.53 Å². The van der Waals surface area contributed by atoms with Gasteiger partial charge in [0.25, 0.3) is 5.91 Å². The number of carbonyl (C=O) groups excluding carboxylic acids is 1. The topological polar surface area (TPSA) is 50.4 Å². The zero-order valence-electron chi connectivity index (χ0n) is 11.6. The van der Waals surface area contributed by atoms with Gasteiger partial charge in [-0.3, -0.25) is 4.79 Å². The largest absolute Gasteiger partial charge is 0.483 e. The van der Waals surface area contributed by atoms with Crippen LogP contribution in [0.25, 0.3) is 0 Å². The van der Waals surface area contributed by atoms with E-state index >= 15 is 0 Å². The molecule has 0 aromatic heterocycles. The van der Waals surface area contributed by atoms with Crippen LogP contribution in [0.3, 0.4) is 0 Å². The van der Waals surface area contributed by atoms with Crippen LogP contribution in [-0.2, 0) is 4.79 Å². The average molecular weight is 329 g/mol. The lowest BCUT2D eigenvalue weighted by atomic mass is 10.1. The molecule has 2 N–H and O–H groups in total. The molecule has 5 heteroatoms. The third-order valence-electron chi connectivity index (χ3n) is 2.78. The molecular formula is C14H21BrN2O2. The van der Waals surface area contributed by atoms with E-state index in [0.717, 1.165) is 28.8 Å². The van der Waals surface area contributed by atoms with Gasteiger partial charge in [-0.1, -0.05) is 28.9 Å². The quantitative estimate of drug-likeness (QED) is 0.809. The van der Waals surface area contributed by atoms with E-state index in [9.17, 15) is 4.79 Å². The first-order valence-corrected chi connectivity index (χ1v) is 7.24. The van der Waals surface area contributed by atoms with Crippen molar-refractivity contribution in [2.75, 3.05) is 20.2 Å². The van der Waals surface area contributed by atoms with Gasteiger partial charge >= 0.3 is 0 Å². The van der Waals surface area contributed by atoms with Gasteiger partial charge in [0.2, 0.25) is 0 Å². The predicted molar refractivity (Wildman–Crippen MR) is 80.4 cm³/mol. The molecule has 1 atom stereocenters. The highest BCUT2D eigenvalue weighted by atomic mass is 79.9. The maximum absolute atomic E-state index is 11.3. The molecule has 0 spiro atoms. The van der Waals surface area contributed by atoms with Gasteiger partial charge in [-0.2, -0.15) is 0 Å². The summed E-state index contributed by atoms with van der Waals surface area (Å²) < 4.78 is 6.53. The Bertz CT molecular complexity index is 424. The Labute approximate surface area is 123 Å². The molecule has 19 heavy (non-hydrogen) atoms. The monoisotopic (exact) mass is 328 g/mol. The summed E-state index contributed by atoms with van der Waals surface area (Å²) in [6.45, 7) is 5.20. The van der Waals surface area contributed by atoms with Gasteiger partial charge in [-0.25, -0.2) is 0 Å². The van der Waals surface area contributed by atoms with Crippen LogP contribution in [0.2, 0.25) is 0 Å². The number of likely N-dealkylation sites (N-methyl/N-ethyl adjacent to an activating group) is 1. The molecule has 0 radical (unpaired) electrons. The van der Waals surface area contributed by atoms with Gasteiger partial charge in [0, 0.05) is 23.1 Å². The number of hydrogen-bond donors (Lipinski definition) is 2. The molecule has 0 saturated heterocycles. The Kier molecular flexibility index (Phi) is 6.87. The van der Waals surface area contributed by atoms with Crippen LogP contribution < -0.4 is 15.4 Å². The standard InChI is InChI=1S/C14H21BrN2O2/c1-4-7-17-10(2)12-6-5-11(15)8-13(12)19-9-14(18)16-3/h5-6,8,10,17H,4,7,9H2,1-3H3,(H,16,18). The molecule has 1 amide bonds. The van der Waals surface area contributed by atoms with Crippen molar-refractivity contribution in [3.8, 4) is 5.75 Å². The zero-order valence-corrected chi connectivity index (χ0v) is 13.2. The smallest absolute Gasteiger partial charge is 0.257 e. The fourth-order valence-corrected chi connectivity index (χ4v) is 2.02. The minimum absolute atomic E-state index is 0.0282. The van der Waals surface area contributed by atoms with E-state index < -0.39 is 0 Å². The van der Waals surface area contributed by atoms with Crippen LogP contribution in [0.15, 0.2) is 22.7 Å². The van der Waals surface area contributed by atoms with Crippen molar-refractivity contribution in [3.05, 3.63) is 28.2 Å². The number of rotatable bonds is 7. The van der Waals surface area contributed by atoms with Crippen molar-refractivity contribution in [3.63, 3.8) is 0 Å². The summed E-state index contributed by atoms with van der Waals surface area (Å²) in [5, 5.41) is 5.96. The fourth-order valence-electron chi connectivity index (χ4n) is 1.68. The second-order valence-corrected chi connectivity index (χ2v) is 5.24. The molecule has 1 rings (SSSR count). The third kappa shape index (κ3) is 5.20. The molecule has 1 aromatic rings. The molecule has 0 heterocycles. The summed E-state index contributed by atoms with van der Waals surface area (Å²) in [5.74, 6) is 0.592. The van der Waals surface area contributed by atoms with Crippen LogP contribution >= 0.6 is 15.9 Å². The molecule has 106 valence electrons. The molecule has 0 aliphatic rings. The predicted octanol–water partition coefficient (Wildman–Crippen LogP) is 2.63. The molecule has 0 aliphatic carbocycles. The maximum atomic E-state index is 11.3. The first-order chi connectivity index (χ1) is 9.08. The van der Waals surface area contributed by atoms with Crippen LogP contribution in [-0.4, -0.2) is 26.1 Å². The highest BCUT2D eigenvalue weighted by molar-refractivity contribution is 9.10. The van der Waals surface area contributed by atoms with Crippen molar-refractivity contribution in [1.82, 2.24) is 10.6 Å². The van der Waals surface area contributed by atoms with E-state index in [1.165, 1.54) is 0 Å². The van der Waals surface area contributed by atoms with Gasteiger partial charge in [0.1, 0.15) is 5.75 Å². The Morgan fingerprint density at radius 3 is 2.84 bits per heavy atom. The Balaban J connectivity index is 2.81. The Morgan fingerprint density at radius 1 is 1.47 bits per heavy atom. The number of nitrogens with one attached hydrogen (secondary N) is 2.